The maximum atomic E-state index is 12.2. The van der Waals surface area contributed by atoms with Gasteiger partial charge in [-0.15, -0.1) is 0 Å². The highest BCUT2D eigenvalue weighted by Crippen LogP contribution is 2.21. The van der Waals surface area contributed by atoms with Gasteiger partial charge in [0.1, 0.15) is 11.8 Å². The van der Waals surface area contributed by atoms with E-state index in [0.717, 1.165) is 18.4 Å². The van der Waals surface area contributed by atoms with Crippen molar-refractivity contribution >= 4 is 12.0 Å². The molecule has 1 fully saturated rings. The maximum absolute atomic E-state index is 12.2. The summed E-state index contributed by atoms with van der Waals surface area (Å²) >= 11 is 0. The van der Waals surface area contributed by atoms with Gasteiger partial charge in [0.25, 0.3) is 0 Å². The van der Waals surface area contributed by atoms with E-state index in [2.05, 4.69) is 0 Å². The van der Waals surface area contributed by atoms with E-state index in [1.165, 1.54) is 0 Å². The van der Waals surface area contributed by atoms with Crippen LogP contribution in [0.3, 0.4) is 0 Å². The predicted octanol–water partition coefficient (Wildman–Crippen LogP) is 2.22. The SMILES string of the molecule is CC(O)C1CCN(C(=O)C=Cc2ccc(OCC#N)cc2)CC1. The van der Waals surface area contributed by atoms with Gasteiger partial charge in [-0.25, -0.2) is 0 Å². The normalized spacial score (nSPS) is 17.0. The Morgan fingerprint density at radius 3 is 2.65 bits per heavy atom. The van der Waals surface area contributed by atoms with E-state index in [1.807, 2.05) is 30.0 Å². The van der Waals surface area contributed by atoms with Crippen LogP contribution in [0.4, 0.5) is 0 Å². The summed E-state index contributed by atoms with van der Waals surface area (Å²) in [6.07, 6.45) is 4.75. The lowest BCUT2D eigenvalue weighted by molar-refractivity contribution is -0.127. The molecule has 1 amide bonds. The van der Waals surface area contributed by atoms with E-state index in [1.54, 1.807) is 24.3 Å². The minimum Gasteiger partial charge on any atom is -0.479 e. The molecule has 0 bridgehead atoms. The van der Waals surface area contributed by atoms with Gasteiger partial charge in [0.2, 0.25) is 5.91 Å². The molecule has 2 rings (SSSR count). The minimum atomic E-state index is -0.301. The van der Waals surface area contributed by atoms with Crippen molar-refractivity contribution in [3.63, 3.8) is 0 Å². The van der Waals surface area contributed by atoms with Crippen molar-refractivity contribution in [3.8, 4) is 11.8 Å². The zero-order chi connectivity index (χ0) is 16.7. The van der Waals surface area contributed by atoms with Crippen LogP contribution in [0.1, 0.15) is 25.3 Å². The van der Waals surface area contributed by atoms with Gasteiger partial charge in [-0.3, -0.25) is 4.79 Å². The molecule has 1 atom stereocenters. The Bertz CT molecular complexity index is 579. The summed E-state index contributed by atoms with van der Waals surface area (Å²) in [5, 5.41) is 18.0. The molecule has 1 saturated heterocycles. The Balaban J connectivity index is 1.85. The van der Waals surface area contributed by atoms with Crippen LogP contribution < -0.4 is 4.74 Å². The first-order valence-corrected chi connectivity index (χ1v) is 7.85. The minimum absolute atomic E-state index is 0.00106. The van der Waals surface area contributed by atoms with E-state index in [9.17, 15) is 9.90 Å². The van der Waals surface area contributed by atoms with Gasteiger partial charge in [-0.1, -0.05) is 12.1 Å². The number of ether oxygens (including phenoxy) is 1. The van der Waals surface area contributed by atoms with Crippen molar-refractivity contribution in [1.82, 2.24) is 4.90 Å². The molecule has 0 radical (unpaired) electrons. The monoisotopic (exact) mass is 314 g/mol. The molecule has 1 aliphatic heterocycles. The molecule has 5 nitrogen and oxygen atoms in total. The molecule has 23 heavy (non-hydrogen) atoms. The Hall–Kier alpha value is -2.32. The molecule has 1 unspecified atom stereocenters. The molecule has 5 heteroatoms. The Morgan fingerprint density at radius 1 is 1.43 bits per heavy atom. The van der Waals surface area contributed by atoms with Crippen LogP contribution in [-0.4, -0.2) is 41.7 Å². The number of nitrogens with zero attached hydrogens (tertiary/aromatic N) is 2. The topological polar surface area (TPSA) is 73.6 Å². The Kier molecular flexibility index (Phi) is 6.19. The van der Waals surface area contributed by atoms with E-state index >= 15 is 0 Å². The van der Waals surface area contributed by atoms with Crippen molar-refractivity contribution < 1.29 is 14.6 Å². The van der Waals surface area contributed by atoms with Crippen molar-refractivity contribution in [2.45, 2.75) is 25.9 Å². The van der Waals surface area contributed by atoms with Gasteiger partial charge in [-0.2, -0.15) is 5.26 Å². The number of amides is 1. The van der Waals surface area contributed by atoms with Gasteiger partial charge < -0.3 is 14.7 Å². The zero-order valence-corrected chi connectivity index (χ0v) is 13.3. The average Bonchev–Trinajstić information content (AvgIpc) is 2.58. The second-order valence-electron chi connectivity index (χ2n) is 5.75. The second-order valence-corrected chi connectivity index (χ2v) is 5.75. The van der Waals surface area contributed by atoms with E-state index < -0.39 is 0 Å². The number of hydrogen-bond donors (Lipinski definition) is 1. The average molecular weight is 314 g/mol. The summed E-state index contributed by atoms with van der Waals surface area (Å²) in [5.74, 6) is 0.929. The number of carbonyl (C=O) groups excluding carboxylic acids is 1. The molecule has 1 aromatic rings. The lowest BCUT2D eigenvalue weighted by Crippen LogP contribution is -2.39. The van der Waals surface area contributed by atoms with Gasteiger partial charge in [-0.05, 0) is 49.5 Å². The number of nitriles is 1. The highest BCUT2D eigenvalue weighted by molar-refractivity contribution is 5.91. The molecule has 0 saturated carbocycles. The lowest BCUT2D eigenvalue weighted by Gasteiger charge is -2.32. The number of hydrogen-bond acceptors (Lipinski definition) is 4. The third-order valence-electron chi connectivity index (χ3n) is 4.14. The number of aliphatic hydroxyl groups excluding tert-OH is 1. The number of aliphatic hydroxyl groups is 1. The van der Waals surface area contributed by atoms with Crippen LogP contribution in [0, 0.1) is 17.2 Å². The summed E-state index contributed by atoms with van der Waals surface area (Å²) < 4.78 is 5.18. The van der Waals surface area contributed by atoms with E-state index in [-0.39, 0.29) is 18.6 Å². The van der Waals surface area contributed by atoms with Gasteiger partial charge in [0.15, 0.2) is 6.61 Å². The molecule has 1 heterocycles. The van der Waals surface area contributed by atoms with Crippen LogP contribution in [0.2, 0.25) is 0 Å². The number of benzene rings is 1. The van der Waals surface area contributed by atoms with Gasteiger partial charge in [0.05, 0.1) is 6.10 Å². The Labute approximate surface area is 136 Å². The first-order chi connectivity index (χ1) is 11.1. The molecule has 0 aromatic heterocycles. The molecular formula is C18H22N2O3. The second kappa shape index (κ2) is 8.35. The van der Waals surface area contributed by atoms with Gasteiger partial charge >= 0.3 is 0 Å². The summed E-state index contributed by atoms with van der Waals surface area (Å²) in [4.78, 5) is 14.0. The smallest absolute Gasteiger partial charge is 0.246 e. The number of piperidine rings is 1. The molecule has 1 aliphatic rings. The standard InChI is InChI=1S/C18H22N2O3/c1-14(21)16-8-11-20(12-9-16)18(22)7-4-15-2-5-17(6-3-15)23-13-10-19/h2-7,14,16,21H,8-9,11-13H2,1H3. The molecule has 1 aromatic carbocycles. The van der Waals surface area contributed by atoms with Crippen LogP contribution in [0.25, 0.3) is 6.08 Å². The summed E-state index contributed by atoms with van der Waals surface area (Å²) in [7, 11) is 0. The third kappa shape index (κ3) is 5.11. The predicted molar refractivity (Wildman–Crippen MR) is 87.6 cm³/mol. The summed E-state index contributed by atoms with van der Waals surface area (Å²) in [6.45, 7) is 3.22. The fourth-order valence-corrected chi connectivity index (χ4v) is 2.67. The zero-order valence-electron chi connectivity index (χ0n) is 13.3. The van der Waals surface area contributed by atoms with Crippen molar-refractivity contribution in [2.75, 3.05) is 19.7 Å². The number of carbonyl (C=O) groups is 1. The van der Waals surface area contributed by atoms with Crippen LogP contribution >= 0.6 is 0 Å². The molecular weight excluding hydrogens is 292 g/mol. The van der Waals surface area contributed by atoms with E-state index in [0.29, 0.717) is 24.8 Å². The molecule has 0 spiro atoms. The molecule has 0 aliphatic carbocycles. The fraction of sp³-hybridized carbons (Fsp3) is 0.444. The summed E-state index contributed by atoms with van der Waals surface area (Å²) in [5.41, 5.74) is 0.904. The number of likely N-dealkylation sites (tertiary alicyclic amines) is 1. The lowest BCUT2D eigenvalue weighted by atomic mass is 9.92. The first kappa shape index (κ1) is 17.0. The third-order valence-corrected chi connectivity index (χ3v) is 4.14. The quantitative estimate of drug-likeness (QED) is 0.846. The first-order valence-electron chi connectivity index (χ1n) is 7.85. The number of rotatable bonds is 5. The van der Waals surface area contributed by atoms with Gasteiger partial charge in [0, 0.05) is 19.2 Å². The maximum Gasteiger partial charge on any atom is 0.246 e. The largest absolute Gasteiger partial charge is 0.479 e. The van der Waals surface area contributed by atoms with Crippen LogP contribution in [-0.2, 0) is 4.79 Å². The van der Waals surface area contributed by atoms with Crippen LogP contribution in [0.15, 0.2) is 30.3 Å². The highest BCUT2D eigenvalue weighted by atomic mass is 16.5. The van der Waals surface area contributed by atoms with Crippen molar-refractivity contribution in [3.05, 3.63) is 35.9 Å². The van der Waals surface area contributed by atoms with Crippen molar-refractivity contribution in [2.24, 2.45) is 5.92 Å². The van der Waals surface area contributed by atoms with E-state index in [4.69, 9.17) is 10.00 Å². The fourth-order valence-electron chi connectivity index (χ4n) is 2.67. The molecule has 122 valence electrons. The molecule has 1 N–H and O–H groups in total. The highest BCUT2D eigenvalue weighted by Gasteiger charge is 2.24. The Morgan fingerprint density at radius 2 is 2.09 bits per heavy atom. The summed E-state index contributed by atoms with van der Waals surface area (Å²) in [6, 6.07) is 9.15. The van der Waals surface area contributed by atoms with Crippen LogP contribution in [0.5, 0.6) is 5.75 Å². The van der Waals surface area contributed by atoms with Crippen molar-refractivity contribution in [1.29, 1.82) is 5.26 Å².